The highest BCUT2D eigenvalue weighted by molar-refractivity contribution is 5.88. The summed E-state index contributed by atoms with van der Waals surface area (Å²) in [6.07, 6.45) is 2.79. The van der Waals surface area contributed by atoms with Crippen molar-refractivity contribution < 1.29 is 39.8 Å². The van der Waals surface area contributed by atoms with Gasteiger partial charge in [-0.3, -0.25) is 4.79 Å². The fraction of sp³-hybridized carbons (Fsp3) is 0.919. The van der Waals surface area contributed by atoms with Gasteiger partial charge in [0.2, 0.25) is 0 Å². The van der Waals surface area contributed by atoms with Gasteiger partial charge in [0.25, 0.3) is 0 Å². The van der Waals surface area contributed by atoms with Gasteiger partial charge in [0.1, 0.15) is 30.2 Å². The zero-order valence-corrected chi connectivity index (χ0v) is 29.3. The number of rotatable bonds is 8. The van der Waals surface area contributed by atoms with E-state index in [0.717, 1.165) is 38.5 Å². The van der Waals surface area contributed by atoms with Crippen molar-refractivity contribution in [2.24, 2.45) is 51.2 Å². The van der Waals surface area contributed by atoms with Gasteiger partial charge in [-0.2, -0.15) is 0 Å². The van der Waals surface area contributed by atoms with Gasteiger partial charge in [-0.1, -0.05) is 66.5 Å². The number of aliphatic hydroxyl groups excluding tert-OH is 4. The Morgan fingerprint density at radius 2 is 1.64 bits per heavy atom. The van der Waals surface area contributed by atoms with Gasteiger partial charge in [0, 0.05) is 17.3 Å². The fourth-order valence-corrected chi connectivity index (χ4v) is 11.0. The van der Waals surface area contributed by atoms with E-state index in [4.69, 9.17) is 9.47 Å². The van der Waals surface area contributed by atoms with Gasteiger partial charge in [-0.15, -0.1) is 0 Å². The van der Waals surface area contributed by atoms with E-state index in [9.17, 15) is 30.3 Å². The molecule has 4 unspecified atom stereocenters. The largest absolute Gasteiger partial charge is 0.394 e. The molecule has 1 saturated heterocycles. The molecule has 0 aromatic heterocycles. The summed E-state index contributed by atoms with van der Waals surface area (Å²) in [5.74, 6) is 1.96. The summed E-state index contributed by atoms with van der Waals surface area (Å²) in [6.45, 7) is 19.2. The Kier molecular flexibility index (Phi) is 9.39. The summed E-state index contributed by atoms with van der Waals surface area (Å²) in [5.41, 5.74) is -0.359. The molecule has 5 rings (SSSR count). The molecule has 8 heteroatoms. The normalized spacial score (nSPS) is 47.7. The Morgan fingerprint density at radius 1 is 0.978 bits per heavy atom. The first-order valence-electron chi connectivity index (χ1n) is 17.7. The van der Waals surface area contributed by atoms with Crippen LogP contribution in [0.4, 0.5) is 0 Å². The predicted octanol–water partition coefficient (Wildman–Crippen LogP) is 4.78. The minimum atomic E-state index is -1.48. The molecule has 1 aliphatic heterocycles. The van der Waals surface area contributed by atoms with Crippen LogP contribution >= 0.6 is 0 Å². The van der Waals surface area contributed by atoms with Crippen LogP contribution in [0.2, 0.25) is 0 Å². The smallest absolute Gasteiger partial charge is 0.187 e. The van der Waals surface area contributed by atoms with Crippen molar-refractivity contribution in [1.82, 2.24) is 0 Å². The molecule has 0 amide bonds. The van der Waals surface area contributed by atoms with Crippen molar-refractivity contribution in [2.45, 2.75) is 156 Å². The number of hydrogen-bond donors (Lipinski definition) is 5. The number of fused-ring (bicyclic) bond motifs is 5. The number of ketones is 1. The molecule has 5 N–H and O–H groups in total. The Hall–Kier alpha value is -0.870. The molecule has 0 aromatic rings. The standard InChI is InChI=1S/C37H62O8/c1-20(10-11-21(2)34(5,6)43)22-16-17-35(7)26-14-12-23-24(37(26,9)27(39)18-36(22,35)8)13-15-28(33(23,3)4)45-32-31(42)30(41)29(40)25(19-38)44-32/h12,20-22,24-26,28-32,38,40-43H,10-11,13-19H2,1-9H3/t20-,21-,22?,24?,25-,26?,28+,29-,30+,31-,32?,35+,36-,37+/m1/s1. The molecular weight excluding hydrogens is 572 g/mol. The minimum absolute atomic E-state index is 0.0479. The maximum absolute atomic E-state index is 14.6. The van der Waals surface area contributed by atoms with E-state index in [1.54, 1.807) is 0 Å². The highest BCUT2D eigenvalue weighted by atomic mass is 16.7. The predicted molar refractivity (Wildman–Crippen MR) is 172 cm³/mol. The van der Waals surface area contributed by atoms with E-state index < -0.39 is 53.7 Å². The maximum Gasteiger partial charge on any atom is 0.187 e. The lowest BCUT2D eigenvalue weighted by atomic mass is 9.38. The van der Waals surface area contributed by atoms with E-state index in [1.165, 1.54) is 5.57 Å². The van der Waals surface area contributed by atoms with Gasteiger partial charge < -0.3 is 35.0 Å². The average molecular weight is 635 g/mol. The number of carbonyl (C=O) groups is 1. The number of aliphatic hydroxyl groups is 5. The molecule has 4 aliphatic carbocycles. The highest BCUT2D eigenvalue weighted by Crippen LogP contribution is 2.74. The third kappa shape index (κ3) is 5.41. The quantitative estimate of drug-likeness (QED) is 0.241. The van der Waals surface area contributed by atoms with Crippen molar-refractivity contribution in [3.63, 3.8) is 0 Å². The second-order valence-electron chi connectivity index (χ2n) is 17.6. The van der Waals surface area contributed by atoms with Gasteiger partial charge >= 0.3 is 0 Å². The highest BCUT2D eigenvalue weighted by Gasteiger charge is 2.70. The second-order valence-corrected chi connectivity index (χ2v) is 17.6. The molecule has 0 radical (unpaired) electrons. The van der Waals surface area contributed by atoms with Crippen LogP contribution in [-0.4, -0.2) is 80.3 Å². The number of allylic oxidation sites excluding steroid dienone is 1. The van der Waals surface area contributed by atoms with E-state index in [-0.39, 0.29) is 34.7 Å². The number of hydrogen-bond acceptors (Lipinski definition) is 8. The zero-order chi connectivity index (χ0) is 33.5. The lowest BCUT2D eigenvalue weighted by Gasteiger charge is -2.65. The summed E-state index contributed by atoms with van der Waals surface area (Å²) in [7, 11) is 0. The SMILES string of the molecule is C[C@H](CC[C@@H](C)C(C)(C)O)C1CC[C@@]2(C)C3CC=C4C(CC[C@H](OC5O[C@H](CO)[C@@H](O)[C@H](O)[C@H]5O)C4(C)C)[C@]3(C)C(=O)C[C@]12C. The molecule has 14 atom stereocenters. The van der Waals surface area contributed by atoms with Crippen molar-refractivity contribution in [3.8, 4) is 0 Å². The monoisotopic (exact) mass is 634 g/mol. The van der Waals surface area contributed by atoms with E-state index in [0.29, 0.717) is 30.5 Å². The second kappa shape index (κ2) is 11.9. The van der Waals surface area contributed by atoms with E-state index in [2.05, 4.69) is 54.5 Å². The van der Waals surface area contributed by atoms with Crippen molar-refractivity contribution in [3.05, 3.63) is 11.6 Å². The van der Waals surface area contributed by atoms with Gasteiger partial charge in [-0.25, -0.2) is 0 Å². The molecular formula is C37H62O8. The van der Waals surface area contributed by atoms with Crippen LogP contribution in [0.15, 0.2) is 11.6 Å². The molecule has 3 saturated carbocycles. The molecule has 258 valence electrons. The third-order valence-electron chi connectivity index (χ3n) is 14.8. The lowest BCUT2D eigenvalue weighted by molar-refractivity contribution is -0.319. The van der Waals surface area contributed by atoms with Crippen molar-refractivity contribution >= 4 is 5.78 Å². The van der Waals surface area contributed by atoms with Crippen LogP contribution in [0.3, 0.4) is 0 Å². The average Bonchev–Trinajstić information content (AvgIpc) is 3.23. The first-order chi connectivity index (χ1) is 20.7. The number of Topliss-reactive ketones (excluding diaryl/α,β-unsaturated/α-hetero) is 1. The zero-order valence-electron chi connectivity index (χ0n) is 29.3. The van der Waals surface area contributed by atoms with Crippen LogP contribution in [0, 0.1) is 51.2 Å². The van der Waals surface area contributed by atoms with Crippen molar-refractivity contribution in [2.75, 3.05) is 6.61 Å². The lowest BCUT2D eigenvalue weighted by Crippen LogP contribution is -2.64. The number of carbonyl (C=O) groups excluding carboxylic acids is 1. The fourth-order valence-electron chi connectivity index (χ4n) is 11.0. The van der Waals surface area contributed by atoms with Crippen LogP contribution in [0.5, 0.6) is 0 Å². The summed E-state index contributed by atoms with van der Waals surface area (Å²) in [4.78, 5) is 14.6. The van der Waals surface area contributed by atoms with Gasteiger partial charge in [-0.05, 0) is 92.8 Å². The Bertz CT molecular complexity index is 1140. The Balaban J connectivity index is 1.37. The molecule has 0 spiro atoms. The maximum atomic E-state index is 14.6. The summed E-state index contributed by atoms with van der Waals surface area (Å²) in [6, 6.07) is 0. The summed E-state index contributed by atoms with van der Waals surface area (Å²) < 4.78 is 12.1. The van der Waals surface area contributed by atoms with Crippen LogP contribution in [-0.2, 0) is 14.3 Å². The molecule has 0 aromatic carbocycles. The first-order valence-corrected chi connectivity index (χ1v) is 17.7. The molecule has 0 bridgehead atoms. The van der Waals surface area contributed by atoms with Crippen LogP contribution in [0.1, 0.15) is 114 Å². The molecule has 8 nitrogen and oxygen atoms in total. The molecule has 1 heterocycles. The van der Waals surface area contributed by atoms with E-state index >= 15 is 0 Å². The molecule has 45 heavy (non-hydrogen) atoms. The summed E-state index contributed by atoms with van der Waals surface area (Å²) >= 11 is 0. The molecule has 5 aliphatic rings. The minimum Gasteiger partial charge on any atom is -0.394 e. The Labute approximate surface area is 271 Å². The van der Waals surface area contributed by atoms with Gasteiger partial charge in [0.05, 0.1) is 18.3 Å². The van der Waals surface area contributed by atoms with Gasteiger partial charge in [0.15, 0.2) is 6.29 Å². The van der Waals surface area contributed by atoms with Crippen molar-refractivity contribution in [1.29, 1.82) is 0 Å². The van der Waals surface area contributed by atoms with Crippen LogP contribution in [0.25, 0.3) is 0 Å². The Morgan fingerprint density at radius 3 is 2.27 bits per heavy atom. The third-order valence-corrected chi connectivity index (χ3v) is 14.8. The number of ether oxygens (including phenoxy) is 2. The van der Waals surface area contributed by atoms with Crippen LogP contribution < -0.4 is 0 Å². The summed E-state index contributed by atoms with van der Waals surface area (Å²) in [5, 5.41) is 51.4. The van der Waals surface area contributed by atoms with E-state index in [1.807, 2.05) is 13.8 Å². The molecule has 4 fully saturated rings. The first kappa shape index (κ1) is 35.4. The topological polar surface area (TPSA) is 137 Å².